The summed E-state index contributed by atoms with van der Waals surface area (Å²) in [5.41, 5.74) is 1.73. The maximum atomic E-state index is 13.1. The van der Waals surface area contributed by atoms with Crippen LogP contribution in [0.1, 0.15) is 50.8 Å². The first kappa shape index (κ1) is 23.2. The molecule has 1 aromatic heterocycles. The van der Waals surface area contributed by atoms with Gasteiger partial charge in [0, 0.05) is 28.5 Å². The summed E-state index contributed by atoms with van der Waals surface area (Å²) >= 11 is 3.47. The molecule has 7 nitrogen and oxygen atoms in total. The highest BCUT2D eigenvalue weighted by Crippen LogP contribution is 2.36. The van der Waals surface area contributed by atoms with Crippen LogP contribution in [-0.2, 0) is 16.0 Å². The Labute approximate surface area is 190 Å². The summed E-state index contributed by atoms with van der Waals surface area (Å²) in [6.07, 6.45) is 4.64. The standard InChI is InChI=1S/C23H28BrN3O4/c1-23(2,3)31-22(30)27-17(11-15-6-8-19(26-14-28)18(24)12-15)7-9-20(27)21(29)16-5-4-10-25-13-16/h4-6,8,10,12-14,17,20-21,29H,7,9,11H2,1-3H3,(H,26,28)/t17?,20-,21-/m1/s1. The number of amides is 2. The first-order chi connectivity index (χ1) is 14.7. The third kappa shape index (κ3) is 5.83. The lowest BCUT2D eigenvalue weighted by Crippen LogP contribution is -2.47. The molecule has 0 radical (unpaired) electrons. The molecule has 0 aliphatic carbocycles. The molecule has 1 aliphatic rings. The van der Waals surface area contributed by atoms with Gasteiger partial charge in [0.05, 0.1) is 11.7 Å². The smallest absolute Gasteiger partial charge is 0.410 e. The molecule has 8 heteroatoms. The van der Waals surface area contributed by atoms with Gasteiger partial charge >= 0.3 is 6.09 Å². The monoisotopic (exact) mass is 489 g/mol. The van der Waals surface area contributed by atoms with Crippen molar-refractivity contribution >= 4 is 34.1 Å². The molecule has 166 valence electrons. The molecule has 1 aromatic carbocycles. The highest BCUT2D eigenvalue weighted by molar-refractivity contribution is 9.10. The van der Waals surface area contributed by atoms with Gasteiger partial charge in [0.1, 0.15) is 11.7 Å². The van der Waals surface area contributed by atoms with Crippen molar-refractivity contribution < 1.29 is 19.4 Å². The molecule has 3 atom stereocenters. The van der Waals surface area contributed by atoms with Crippen LogP contribution in [0.25, 0.3) is 0 Å². The Morgan fingerprint density at radius 1 is 1.39 bits per heavy atom. The number of aliphatic hydroxyl groups is 1. The van der Waals surface area contributed by atoms with Crippen LogP contribution in [0.15, 0.2) is 47.2 Å². The molecule has 1 unspecified atom stereocenters. The molecule has 0 spiro atoms. The number of carbonyl (C=O) groups excluding carboxylic acids is 2. The minimum absolute atomic E-state index is 0.122. The van der Waals surface area contributed by atoms with E-state index in [2.05, 4.69) is 26.2 Å². The van der Waals surface area contributed by atoms with E-state index in [4.69, 9.17) is 4.74 Å². The molecule has 1 aliphatic heterocycles. The van der Waals surface area contributed by atoms with E-state index in [0.717, 1.165) is 16.5 Å². The van der Waals surface area contributed by atoms with Gasteiger partial charge in [-0.2, -0.15) is 0 Å². The van der Waals surface area contributed by atoms with Gasteiger partial charge in [-0.1, -0.05) is 12.1 Å². The molecule has 2 amide bonds. The Kier molecular flexibility index (Phi) is 7.33. The van der Waals surface area contributed by atoms with Crippen LogP contribution in [0.2, 0.25) is 0 Å². The molecular weight excluding hydrogens is 462 g/mol. The third-order valence-corrected chi connectivity index (χ3v) is 5.92. The minimum Gasteiger partial charge on any atom is -0.444 e. The molecule has 3 rings (SSSR count). The van der Waals surface area contributed by atoms with E-state index in [9.17, 15) is 14.7 Å². The Morgan fingerprint density at radius 3 is 2.77 bits per heavy atom. The number of aliphatic hydroxyl groups excluding tert-OH is 1. The van der Waals surface area contributed by atoms with Gasteiger partial charge in [-0.25, -0.2) is 4.79 Å². The first-order valence-electron chi connectivity index (χ1n) is 10.3. The Bertz CT molecular complexity index is 917. The van der Waals surface area contributed by atoms with Gasteiger partial charge in [-0.3, -0.25) is 14.7 Å². The van der Waals surface area contributed by atoms with E-state index in [1.165, 1.54) is 0 Å². The number of ether oxygens (including phenoxy) is 1. The number of halogens is 1. The van der Waals surface area contributed by atoms with E-state index in [-0.39, 0.29) is 6.04 Å². The summed E-state index contributed by atoms with van der Waals surface area (Å²) in [4.78, 5) is 29.6. The zero-order valence-corrected chi connectivity index (χ0v) is 19.5. The number of aromatic nitrogens is 1. The second kappa shape index (κ2) is 9.78. The van der Waals surface area contributed by atoms with Crippen molar-refractivity contribution in [1.82, 2.24) is 9.88 Å². The molecule has 1 saturated heterocycles. The van der Waals surface area contributed by atoms with Gasteiger partial charge < -0.3 is 15.2 Å². The highest BCUT2D eigenvalue weighted by atomic mass is 79.9. The lowest BCUT2D eigenvalue weighted by Gasteiger charge is -2.34. The van der Waals surface area contributed by atoms with Crippen molar-refractivity contribution in [2.75, 3.05) is 5.32 Å². The zero-order valence-electron chi connectivity index (χ0n) is 17.9. The normalized spacial score (nSPS) is 19.7. The topological polar surface area (TPSA) is 91.8 Å². The number of hydrogen-bond acceptors (Lipinski definition) is 5. The molecule has 0 saturated carbocycles. The van der Waals surface area contributed by atoms with Gasteiger partial charge in [0.25, 0.3) is 0 Å². The number of likely N-dealkylation sites (tertiary alicyclic amines) is 1. The lowest BCUT2D eigenvalue weighted by atomic mass is 10.0. The molecule has 2 N–H and O–H groups in total. The number of nitrogens with one attached hydrogen (secondary N) is 1. The van der Waals surface area contributed by atoms with Crippen LogP contribution >= 0.6 is 15.9 Å². The maximum absolute atomic E-state index is 13.1. The Morgan fingerprint density at radius 2 is 2.16 bits per heavy atom. The summed E-state index contributed by atoms with van der Waals surface area (Å²) in [6, 6.07) is 8.75. The number of benzene rings is 1. The van der Waals surface area contributed by atoms with Crippen molar-refractivity contribution in [3.8, 4) is 0 Å². The number of nitrogens with zero attached hydrogens (tertiary/aromatic N) is 2. The fourth-order valence-electron chi connectivity index (χ4n) is 3.93. The summed E-state index contributed by atoms with van der Waals surface area (Å²) in [5.74, 6) is 0. The summed E-state index contributed by atoms with van der Waals surface area (Å²) < 4.78 is 6.45. The molecule has 0 bridgehead atoms. The highest BCUT2D eigenvalue weighted by Gasteiger charge is 2.43. The predicted octanol–water partition coefficient (Wildman–Crippen LogP) is 4.46. The van der Waals surface area contributed by atoms with Crippen molar-refractivity contribution in [3.05, 3.63) is 58.3 Å². The Balaban J connectivity index is 1.85. The van der Waals surface area contributed by atoms with Crippen LogP contribution in [0.5, 0.6) is 0 Å². The van der Waals surface area contributed by atoms with Crippen LogP contribution in [0.3, 0.4) is 0 Å². The average Bonchev–Trinajstić information content (AvgIpc) is 3.12. The number of carbonyl (C=O) groups is 2. The molecule has 2 aromatic rings. The molecule has 1 fully saturated rings. The number of hydrogen-bond donors (Lipinski definition) is 2. The molecular formula is C23H28BrN3O4. The van der Waals surface area contributed by atoms with Crippen LogP contribution < -0.4 is 5.32 Å². The Hall–Kier alpha value is -2.45. The summed E-state index contributed by atoms with van der Waals surface area (Å²) in [6.45, 7) is 5.50. The second-order valence-corrected chi connectivity index (χ2v) is 9.55. The van der Waals surface area contributed by atoms with Crippen LogP contribution in [-0.4, -0.2) is 45.2 Å². The van der Waals surface area contributed by atoms with Gasteiger partial charge in [-0.15, -0.1) is 0 Å². The van der Waals surface area contributed by atoms with Crippen molar-refractivity contribution in [3.63, 3.8) is 0 Å². The maximum Gasteiger partial charge on any atom is 0.410 e. The number of anilines is 1. The second-order valence-electron chi connectivity index (χ2n) is 8.70. The van der Waals surface area contributed by atoms with Crippen molar-refractivity contribution in [2.45, 2.75) is 63.8 Å². The van der Waals surface area contributed by atoms with Crippen molar-refractivity contribution in [1.29, 1.82) is 0 Å². The molecule has 2 heterocycles. The minimum atomic E-state index is -0.850. The van der Waals surface area contributed by atoms with Gasteiger partial charge in [0.15, 0.2) is 0 Å². The quantitative estimate of drug-likeness (QED) is 0.584. The average molecular weight is 490 g/mol. The number of pyridine rings is 1. The fraction of sp³-hybridized carbons (Fsp3) is 0.435. The van der Waals surface area contributed by atoms with Crippen LogP contribution in [0, 0.1) is 0 Å². The van der Waals surface area contributed by atoms with Crippen LogP contribution in [0.4, 0.5) is 10.5 Å². The first-order valence-corrected chi connectivity index (χ1v) is 11.1. The SMILES string of the molecule is CC(C)(C)OC(=O)N1C(Cc2ccc(NC=O)c(Br)c2)CC[C@@H]1[C@H](O)c1cccnc1. The summed E-state index contributed by atoms with van der Waals surface area (Å²) in [7, 11) is 0. The van der Waals surface area contributed by atoms with E-state index in [1.807, 2.05) is 45.0 Å². The van der Waals surface area contributed by atoms with Crippen molar-refractivity contribution in [2.24, 2.45) is 0 Å². The van der Waals surface area contributed by atoms with E-state index < -0.39 is 23.8 Å². The van der Waals surface area contributed by atoms with E-state index >= 15 is 0 Å². The van der Waals surface area contributed by atoms with Gasteiger partial charge in [-0.05, 0) is 79.7 Å². The van der Waals surface area contributed by atoms with E-state index in [0.29, 0.717) is 30.5 Å². The number of rotatable bonds is 6. The zero-order chi connectivity index (χ0) is 22.6. The summed E-state index contributed by atoms with van der Waals surface area (Å²) in [5, 5.41) is 13.7. The largest absolute Gasteiger partial charge is 0.444 e. The predicted molar refractivity (Wildman–Crippen MR) is 122 cm³/mol. The van der Waals surface area contributed by atoms with Gasteiger partial charge in [0.2, 0.25) is 6.41 Å². The molecule has 31 heavy (non-hydrogen) atoms. The lowest BCUT2D eigenvalue weighted by molar-refractivity contribution is -0.105. The van der Waals surface area contributed by atoms with E-state index in [1.54, 1.807) is 23.4 Å². The fourth-order valence-corrected chi connectivity index (χ4v) is 4.47. The third-order valence-electron chi connectivity index (χ3n) is 5.26.